The molecule has 2 aromatic rings. The number of hydrogen-bond donors (Lipinski definition) is 2. The van der Waals surface area contributed by atoms with Crippen molar-refractivity contribution in [2.45, 2.75) is 25.4 Å². The van der Waals surface area contributed by atoms with Gasteiger partial charge in [-0.05, 0) is 36.6 Å². The minimum atomic E-state index is -0.00635. The van der Waals surface area contributed by atoms with Crippen molar-refractivity contribution in [2.75, 3.05) is 6.61 Å². The molecule has 2 atom stereocenters. The number of nitrogens with zero attached hydrogens (tertiary/aromatic N) is 1. The minimum absolute atomic E-state index is 0.00635. The van der Waals surface area contributed by atoms with Crippen LogP contribution in [0.15, 0.2) is 54.6 Å². The lowest BCUT2D eigenvalue weighted by atomic mass is 10.0. The summed E-state index contributed by atoms with van der Waals surface area (Å²) in [6.45, 7) is 2.13. The van der Waals surface area contributed by atoms with Crippen LogP contribution in [0, 0.1) is 11.3 Å². The molecule has 0 aliphatic heterocycles. The van der Waals surface area contributed by atoms with Crippen LogP contribution in [0.5, 0.6) is 0 Å². The van der Waals surface area contributed by atoms with Crippen LogP contribution in [-0.2, 0) is 6.42 Å². The molecule has 0 heterocycles. The molecule has 0 amide bonds. The molecule has 0 spiro atoms. The monoisotopic (exact) mass is 280 g/mol. The van der Waals surface area contributed by atoms with Gasteiger partial charge < -0.3 is 10.4 Å². The number of rotatable bonds is 6. The van der Waals surface area contributed by atoms with E-state index in [4.69, 9.17) is 5.26 Å². The van der Waals surface area contributed by atoms with E-state index in [1.165, 1.54) is 5.56 Å². The third kappa shape index (κ3) is 4.42. The molecule has 0 aromatic heterocycles. The summed E-state index contributed by atoms with van der Waals surface area (Å²) in [5.74, 6) is 0. The van der Waals surface area contributed by atoms with Crippen molar-refractivity contribution in [1.82, 2.24) is 5.32 Å². The van der Waals surface area contributed by atoms with E-state index in [1.54, 1.807) is 6.07 Å². The Hall–Kier alpha value is -2.15. The molecule has 108 valence electrons. The summed E-state index contributed by atoms with van der Waals surface area (Å²) in [5.41, 5.74) is 2.91. The second-order valence-corrected chi connectivity index (χ2v) is 5.19. The predicted octanol–water partition coefficient (Wildman–Crippen LogP) is 2.81. The van der Waals surface area contributed by atoms with E-state index in [0.717, 1.165) is 12.0 Å². The molecule has 0 fully saturated rings. The molecule has 0 saturated carbocycles. The Balaban J connectivity index is 2.02. The van der Waals surface area contributed by atoms with Gasteiger partial charge in [-0.1, -0.05) is 42.5 Å². The van der Waals surface area contributed by atoms with Crippen LogP contribution < -0.4 is 5.32 Å². The molecule has 0 bridgehead atoms. The lowest BCUT2D eigenvalue weighted by Gasteiger charge is -2.22. The van der Waals surface area contributed by atoms with Gasteiger partial charge in [-0.3, -0.25) is 0 Å². The maximum absolute atomic E-state index is 9.57. The fourth-order valence-electron chi connectivity index (χ4n) is 2.40. The summed E-state index contributed by atoms with van der Waals surface area (Å²) in [4.78, 5) is 0. The minimum Gasteiger partial charge on any atom is -0.395 e. The van der Waals surface area contributed by atoms with Crippen LogP contribution in [-0.4, -0.2) is 17.8 Å². The molecule has 0 aliphatic carbocycles. The molecular formula is C18H20N2O. The quantitative estimate of drug-likeness (QED) is 0.855. The zero-order valence-corrected chi connectivity index (χ0v) is 12.2. The lowest BCUT2D eigenvalue weighted by Crippen LogP contribution is -2.36. The number of aliphatic hydroxyl groups is 1. The average Bonchev–Trinajstić information content (AvgIpc) is 2.55. The smallest absolute Gasteiger partial charge is 0.0991 e. The van der Waals surface area contributed by atoms with Crippen molar-refractivity contribution in [3.63, 3.8) is 0 Å². The molecule has 0 saturated heterocycles. The summed E-state index contributed by atoms with van der Waals surface area (Å²) in [7, 11) is 0. The van der Waals surface area contributed by atoms with E-state index < -0.39 is 0 Å². The average molecular weight is 280 g/mol. The van der Waals surface area contributed by atoms with Gasteiger partial charge in [0.2, 0.25) is 0 Å². The Morgan fingerprint density at radius 1 is 1.14 bits per heavy atom. The van der Waals surface area contributed by atoms with Crippen LogP contribution in [0.4, 0.5) is 0 Å². The van der Waals surface area contributed by atoms with Gasteiger partial charge in [0.05, 0.1) is 18.2 Å². The second-order valence-electron chi connectivity index (χ2n) is 5.19. The highest BCUT2D eigenvalue weighted by molar-refractivity contribution is 5.34. The van der Waals surface area contributed by atoms with Gasteiger partial charge in [0.25, 0.3) is 0 Å². The number of nitriles is 1. The van der Waals surface area contributed by atoms with Crippen LogP contribution in [0.2, 0.25) is 0 Å². The van der Waals surface area contributed by atoms with Crippen LogP contribution in [0.3, 0.4) is 0 Å². The zero-order chi connectivity index (χ0) is 15.1. The van der Waals surface area contributed by atoms with Gasteiger partial charge in [-0.2, -0.15) is 5.26 Å². The number of aliphatic hydroxyl groups excluding tert-OH is 1. The zero-order valence-electron chi connectivity index (χ0n) is 12.2. The van der Waals surface area contributed by atoms with E-state index in [9.17, 15) is 5.11 Å². The summed E-state index contributed by atoms with van der Waals surface area (Å²) in [6, 6.07) is 19.9. The topological polar surface area (TPSA) is 56.0 Å². The number of nitrogens with one attached hydrogen (secondary N) is 1. The van der Waals surface area contributed by atoms with Gasteiger partial charge in [0, 0.05) is 12.1 Å². The van der Waals surface area contributed by atoms with E-state index in [-0.39, 0.29) is 18.7 Å². The van der Waals surface area contributed by atoms with E-state index >= 15 is 0 Å². The fourth-order valence-corrected chi connectivity index (χ4v) is 2.40. The van der Waals surface area contributed by atoms with E-state index in [1.807, 2.05) is 43.3 Å². The normalized spacial score (nSPS) is 13.4. The molecular weight excluding hydrogens is 260 g/mol. The van der Waals surface area contributed by atoms with Crippen molar-refractivity contribution < 1.29 is 5.11 Å². The Bertz CT molecular complexity index is 604. The van der Waals surface area contributed by atoms with Crippen molar-refractivity contribution in [3.05, 3.63) is 71.3 Å². The number of hydrogen-bond acceptors (Lipinski definition) is 3. The van der Waals surface area contributed by atoms with Crippen molar-refractivity contribution in [1.29, 1.82) is 5.26 Å². The molecule has 0 aliphatic rings. The molecule has 3 nitrogen and oxygen atoms in total. The summed E-state index contributed by atoms with van der Waals surface area (Å²) in [5, 5.41) is 21.9. The van der Waals surface area contributed by atoms with Crippen molar-refractivity contribution >= 4 is 0 Å². The Morgan fingerprint density at radius 2 is 1.90 bits per heavy atom. The molecule has 21 heavy (non-hydrogen) atoms. The first-order valence-electron chi connectivity index (χ1n) is 7.14. The van der Waals surface area contributed by atoms with Crippen molar-refractivity contribution in [2.24, 2.45) is 0 Å². The van der Waals surface area contributed by atoms with Gasteiger partial charge in [-0.25, -0.2) is 0 Å². The van der Waals surface area contributed by atoms with Gasteiger partial charge in [-0.15, -0.1) is 0 Å². The van der Waals surface area contributed by atoms with Gasteiger partial charge in [0.1, 0.15) is 0 Å². The summed E-state index contributed by atoms with van der Waals surface area (Å²) >= 11 is 0. The highest BCUT2D eigenvalue weighted by Gasteiger charge is 2.13. The first-order chi connectivity index (χ1) is 10.2. The molecule has 1 unspecified atom stereocenters. The summed E-state index contributed by atoms with van der Waals surface area (Å²) in [6.07, 6.45) is 0.777. The SMILES string of the molecule is CC(N[C@H](CO)Cc1ccccc1)c1cccc(C#N)c1. The maximum atomic E-state index is 9.57. The molecule has 2 aromatic carbocycles. The largest absolute Gasteiger partial charge is 0.395 e. The van der Waals surface area contributed by atoms with E-state index in [0.29, 0.717) is 5.56 Å². The van der Waals surface area contributed by atoms with Crippen LogP contribution in [0.1, 0.15) is 29.7 Å². The Kier molecular flexibility index (Phi) is 5.51. The lowest BCUT2D eigenvalue weighted by molar-refractivity contribution is 0.232. The second kappa shape index (κ2) is 7.58. The van der Waals surface area contributed by atoms with Crippen LogP contribution in [0.25, 0.3) is 0 Å². The number of benzene rings is 2. The first kappa shape index (κ1) is 15.2. The predicted molar refractivity (Wildman–Crippen MR) is 83.7 cm³/mol. The molecule has 2 N–H and O–H groups in total. The van der Waals surface area contributed by atoms with Crippen LogP contribution >= 0.6 is 0 Å². The third-order valence-corrected chi connectivity index (χ3v) is 3.55. The summed E-state index contributed by atoms with van der Waals surface area (Å²) < 4.78 is 0. The Labute approximate surface area is 125 Å². The van der Waals surface area contributed by atoms with Crippen molar-refractivity contribution in [3.8, 4) is 6.07 Å². The highest BCUT2D eigenvalue weighted by Crippen LogP contribution is 2.15. The first-order valence-corrected chi connectivity index (χ1v) is 7.14. The standard InChI is InChI=1S/C18H20N2O/c1-14(17-9-5-8-16(10-17)12-19)20-18(13-21)11-15-6-3-2-4-7-15/h2-10,14,18,20-21H,11,13H2,1H3/t14?,18-/m0/s1. The Morgan fingerprint density at radius 3 is 2.57 bits per heavy atom. The highest BCUT2D eigenvalue weighted by atomic mass is 16.3. The van der Waals surface area contributed by atoms with Gasteiger partial charge in [0.15, 0.2) is 0 Å². The van der Waals surface area contributed by atoms with Gasteiger partial charge >= 0.3 is 0 Å². The maximum Gasteiger partial charge on any atom is 0.0991 e. The fraction of sp³-hybridized carbons (Fsp3) is 0.278. The third-order valence-electron chi connectivity index (χ3n) is 3.55. The molecule has 2 rings (SSSR count). The molecule has 0 radical (unpaired) electrons. The molecule has 3 heteroatoms. The van der Waals surface area contributed by atoms with E-state index in [2.05, 4.69) is 23.5 Å².